The number of H-pyrrole nitrogens is 1. The molecule has 0 radical (unpaired) electrons. The molecule has 0 amide bonds. The SMILES string of the molecule is COc1ncc(-c2cc(=O)[nH]c(-c3cc(CNCC(C)C)ccc3C(F)(F)F)n2)cn1. The third kappa shape index (κ3) is 5.66. The molecule has 2 heterocycles. The van der Waals surface area contributed by atoms with Gasteiger partial charge in [0.25, 0.3) is 5.56 Å². The summed E-state index contributed by atoms with van der Waals surface area (Å²) in [5.74, 6) is 0.215. The lowest BCUT2D eigenvalue weighted by Gasteiger charge is -2.15. The van der Waals surface area contributed by atoms with Gasteiger partial charge < -0.3 is 15.0 Å². The van der Waals surface area contributed by atoms with Crippen molar-refractivity contribution in [2.75, 3.05) is 13.7 Å². The van der Waals surface area contributed by atoms with Gasteiger partial charge in [0, 0.05) is 36.1 Å². The Labute approximate surface area is 176 Å². The first kappa shape index (κ1) is 22.4. The summed E-state index contributed by atoms with van der Waals surface area (Å²) in [7, 11) is 1.40. The molecule has 3 rings (SSSR count). The fourth-order valence-electron chi connectivity index (χ4n) is 2.94. The van der Waals surface area contributed by atoms with Crippen LogP contribution in [0.15, 0.2) is 41.5 Å². The summed E-state index contributed by atoms with van der Waals surface area (Å²) in [5.41, 5.74) is -0.512. The number of rotatable bonds is 7. The zero-order chi connectivity index (χ0) is 22.6. The Kier molecular flexibility index (Phi) is 6.69. The standard InChI is InChI=1S/C21H22F3N5O2/c1-12(2)8-25-9-13-4-5-16(21(22,23)24)15(6-13)19-28-17(7-18(30)29-19)14-10-26-20(31-3)27-11-14/h4-7,10-12,25H,8-9H2,1-3H3,(H,28,29,30). The highest BCUT2D eigenvalue weighted by atomic mass is 19.4. The predicted octanol–water partition coefficient (Wildman–Crippen LogP) is 3.67. The Balaban J connectivity index is 2.06. The molecule has 0 aliphatic carbocycles. The molecule has 0 saturated carbocycles. The van der Waals surface area contributed by atoms with Crippen LogP contribution in [-0.2, 0) is 12.7 Å². The number of hydrogen-bond acceptors (Lipinski definition) is 6. The molecule has 2 aromatic heterocycles. The second-order valence-corrected chi connectivity index (χ2v) is 7.34. The maximum Gasteiger partial charge on any atom is 0.417 e. The van der Waals surface area contributed by atoms with Crippen LogP contribution in [0, 0.1) is 5.92 Å². The number of aromatic amines is 1. The maximum absolute atomic E-state index is 13.7. The Morgan fingerprint density at radius 3 is 2.48 bits per heavy atom. The summed E-state index contributed by atoms with van der Waals surface area (Å²) >= 11 is 0. The van der Waals surface area contributed by atoms with Crippen LogP contribution in [0.25, 0.3) is 22.6 Å². The number of halogens is 3. The van der Waals surface area contributed by atoms with Gasteiger partial charge in [0.15, 0.2) is 0 Å². The zero-order valence-electron chi connectivity index (χ0n) is 17.2. The molecule has 0 aliphatic heterocycles. The fourth-order valence-corrected chi connectivity index (χ4v) is 2.94. The highest BCUT2D eigenvalue weighted by molar-refractivity contribution is 5.66. The van der Waals surface area contributed by atoms with E-state index in [9.17, 15) is 18.0 Å². The average molecular weight is 433 g/mol. The molecule has 1 aromatic carbocycles. The van der Waals surface area contributed by atoms with Crippen LogP contribution in [0.2, 0.25) is 0 Å². The predicted molar refractivity (Wildman–Crippen MR) is 109 cm³/mol. The maximum atomic E-state index is 13.7. The fraction of sp³-hybridized carbons (Fsp3) is 0.333. The molecule has 2 N–H and O–H groups in total. The van der Waals surface area contributed by atoms with Crippen LogP contribution in [0.3, 0.4) is 0 Å². The average Bonchev–Trinajstić information content (AvgIpc) is 2.72. The van der Waals surface area contributed by atoms with Gasteiger partial charge in [-0.1, -0.05) is 19.9 Å². The van der Waals surface area contributed by atoms with E-state index in [1.165, 1.54) is 37.7 Å². The third-order valence-electron chi connectivity index (χ3n) is 4.37. The van der Waals surface area contributed by atoms with Gasteiger partial charge in [-0.2, -0.15) is 13.2 Å². The first-order chi connectivity index (χ1) is 14.7. The van der Waals surface area contributed by atoms with Gasteiger partial charge >= 0.3 is 12.2 Å². The van der Waals surface area contributed by atoms with Crippen molar-refractivity contribution in [3.05, 3.63) is 58.1 Å². The van der Waals surface area contributed by atoms with Crippen LogP contribution in [0.5, 0.6) is 6.01 Å². The topological polar surface area (TPSA) is 92.8 Å². The highest BCUT2D eigenvalue weighted by Crippen LogP contribution is 2.36. The van der Waals surface area contributed by atoms with Crippen LogP contribution < -0.4 is 15.6 Å². The van der Waals surface area contributed by atoms with Gasteiger partial charge in [0.05, 0.1) is 18.4 Å². The molecule has 10 heteroatoms. The van der Waals surface area contributed by atoms with E-state index in [-0.39, 0.29) is 23.1 Å². The Bertz CT molecular complexity index is 1100. The summed E-state index contributed by atoms with van der Waals surface area (Å²) in [6.45, 7) is 5.18. The third-order valence-corrected chi connectivity index (χ3v) is 4.37. The highest BCUT2D eigenvalue weighted by Gasteiger charge is 2.34. The van der Waals surface area contributed by atoms with Crippen molar-refractivity contribution in [1.82, 2.24) is 25.3 Å². The zero-order valence-corrected chi connectivity index (χ0v) is 17.2. The van der Waals surface area contributed by atoms with Crippen molar-refractivity contribution in [3.63, 3.8) is 0 Å². The quantitative estimate of drug-likeness (QED) is 0.591. The lowest BCUT2D eigenvalue weighted by molar-refractivity contribution is -0.137. The first-order valence-electron chi connectivity index (χ1n) is 9.56. The van der Waals surface area contributed by atoms with E-state index in [1.54, 1.807) is 0 Å². The summed E-state index contributed by atoms with van der Waals surface area (Å²) in [5, 5.41) is 3.20. The van der Waals surface area contributed by atoms with Crippen LogP contribution >= 0.6 is 0 Å². The molecule has 0 aliphatic rings. The molecule has 0 spiro atoms. The van der Waals surface area contributed by atoms with E-state index < -0.39 is 17.3 Å². The van der Waals surface area contributed by atoms with E-state index in [4.69, 9.17) is 4.74 Å². The number of ether oxygens (including phenoxy) is 1. The van der Waals surface area contributed by atoms with Crippen LogP contribution in [0.4, 0.5) is 13.2 Å². The number of aromatic nitrogens is 4. The second kappa shape index (κ2) is 9.25. The summed E-state index contributed by atoms with van der Waals surface area (Å²) in [4.78, 5) is 26.8. The van der Waals surface area contributed by atoms with Crippen molar-refractivity contribution in [3.8, 4) is 28.7 Å². The molecule has 164 valence electrons. The Morgan fingerprint density at radius 1 is 1.16 bits per heavy atom. The summed E-state index contributed by atoms with van der Waals surface area (Å²) < 4.78 is 45.9. The lowest BCUT2D eigenvalue weighted by Crippen LogP contribution is -2.19. The number of benzene rings is 1. The monoisotopic (exact) mass is 433 g/mol. The van der Waals surface area contributed by atoms with Gasteiger partial charge in [-0.15, -0.1) is 0 Å². The number of alkyl halides is 3. The molecule has 0 unspecified atom stereocenters. The van der Waals surface area contributed by atoms with Crippen LogP contribution in [0.1, 0.15) is 25.0 Å². The number of nitrogens with one attached hydrogen (secondary N) is 2. The smallest absolute Gasteiger partial charge is 0.417 e. The van der Waals surface area contributed by atoms with Gasteiger partial charge in [0.2, 0.25) is 0 Å². The Hall–Kier alpha value is -3.27. The van der Waals surface area contributed by atoms with E-state index in [0.717, 1.165) is 12.6 Å². The Morgan fingerprint density at radius 2 is 1.87 bits per heavy atom. The number of hydrogen-bond donors (Lipinski definition) is 2. The van der Waals surface area contributed by atoms with E-state index in [2.05, 4.69) is 25.3 Å². The summed E-state index contributed by atoms with van der Waals surface area (Å²) in [6, 6.07) is 5.11. The number of nitrogens with zero attached hydrogens (tertiary/aromatic N) is 3. The minimum Gasteiger partial charge on any atom is -0.467 e. The first-order valence-corrected chi connectivity index (χ1v) is 9.56. The van der Waals surface area contributed by atoms with Crippen molar-refractivity contribution < 1.29 is 17.9 Å². The lowest BCUT2D eigenvalue weighted by atomic mass is 10.0. The second-order valence-electron chi connectivity index (χ2n) is 7.34. The molecule has 0 fully saturated rings. The van der Waals surface area contributed by atoms with E-state index >= 15 is 0 Å². The van der Waals surface area contributed by atoms with E-state index in [1.807, 2.05) is 13.8 Å². The molecular formula is C21H22F3N5O2. The molecule has 0 atom stereocenters. The molecular weight excluding hydrogens is 411 g/mol. The van der Waals surface area contributed by atoms with Crippen molar-refractivity contribution >= 4 is 0 Å². The molecule has 31 heavy (non-hydrogen) atoms. The van der Waals surface area contributed by atoms with Gasteiger partial charge in [-0.3, -0.25) is 4.79 Å². The minimum absolute atomic E-state index is 0.120. The van der Waals surface area contributed by atoms with Crippen molar-refractivity contribution in [1.29, 1.82) is 0 Å². The molecule has 3 aromatic rings. The van der Waals surface area contributed by atoms with Gasteiger partial charge in [-0.25, -0.2) is 15.0 Å². The van der Waals surface area contributed by atoms with E-state index in [0.29, 0.717) is 23.6 Å². The number of methoxy groups -OCH3 is 1. The largest absolute Gasteiger partial charge is 0.467 e. The van der Waals surface area contributed by atoms with Crippen molar-refractivity contribution in [2.45, 2.75) is 26.6 Å². The molecule has 0 saturated heterocycles. The minimum atomic E-state index is -4.61. The van der Waals surface area contributed by atoms with Gasteiger partial charge in [-0.05, 0) is 30.2 Å². The van der Waals surface area contributed by atoms with Crippen LogP contribution in [-0.4, -0.2) is 33.6 Å². The normalized spacial score (nSPS) is 11.7. The van der Waals surface area contributed by atoms with Gasteiger partial charge in [0.1, 0.15) is 5.82 Å². The van der Waals surface area contributed by atoms with Crippen molar-refractivity contribution in [2.24, 2.45) is 5.92 Å². The molecule has 0 bridgehead atoms. The summed E-state index contributed by atoms with van der Waals surface area (Å²) in [6.07, 6.45) is -1.85. The molecule has 7 nitrogen and oxygen atoms in total.